The molecule has 0 bridgehead atoms. The molecule has 0 aliphatic rings. The third kappa shape index (κ3) is 4.99. The lowest BCUT2D eigenvalue weighted by atomic mass is 10.2. The highest BCUT2D eigenvalue weighted by Crippen LogP contribution is 2.24. The molecule has 0 saturated carbocycles. The largest absolute Gasteiger partial charge is 0.497 e. The first-order valence-electron chi connectivity index (χ1n) is 8.29. The van der Waals surface area contributed by atoms with Crippen molar-refractivity contribution in [2.75, 3.05) is 27.4 Å². The van der Waals surface area contributed by atoms with E-state index >= 15 is 0 Å². The van der Waals surface area contributed by atoms with Gasteiger partial charge in [0.25, 0.3) is 5.91 Å². The fraction of sp³-hybridized carbons (Fsp3) is 0.300. The molecule has 0 heterocycles. The van der Waals surface area contributed by atoms with E-state index in [-0.39, 0.29) is 18.1 Å². The predicted molar refractivity (Wildman–Crippen MR) is 97.4 cm³/mol. The van der Waals surface area contributed by atoms with Gasteiger partial charge in [-0.15, -0.1) is 0 Å². The third-order valence-electron chi connectivity index (χ3n) is 3.90. The molecule has 2 aromatic rings. The normalized spacial score (nSPS) is 10.1. The smallest absolute Gasteiger partial charge is 0.342 e. The number of carbonyl (C=O) groups excluding carboxylic acids is 2. The zero-order chi connectivity index (χ0) is 18.9. The molecule has 2 rings (SSSR count). The van der Waals surface area contributed by atoms with Gasteiger partial charge in [-0.05, 0) is 30.7 Å². The van der Waals surface area contributed by atoms with Gasteiger partial charge in [0.1, 0.15) is 17.1 Å². The van der Waals surface area contributed by atoms with Crippen LogP contribution in [0.2, 0.25) is 0 Å². The van der Waals surface area contributed by atoms with E-state index in [1.54, 1.807) is 17.0 Å². The number of benzene rings is 2. The lowest BCUT2D eigenvalue weighted by Crippen LogP contribution is -2.34. The number of amides is 1. The molecule has 6 nitrogen and oxygen atoms in total. The molecule has 0 aliphatic carbocycles. The highest BCUT2D eigenvalue weighted by Gasteiger charge is 2.19. The molecular formula is C20H23NO5. The maximum Gasteiger partial charge on any atom is 0.342 e. The molecule has 0 fully saturated rings. The number of methoxy groups -OCH3 is 2. The van der Waals surface area contributed by atoms with Gasteiger partial charge in [0, 0.05) is 13.1 Å². The average Bonchev–Trinajstić information content (AvgIpc) is 2.70. The Kier molecular flexibility index (Phi) is 7.02. The van der Waals surface area contributed by atoms with Crippen LogP contribution in [0.5, 0.6) is 11.5 Å². The number of carbonyl (C=O) groups is 2. The number of rotatable bonds is 8. The highest BCUT2D eigenvalue weighted by atomic mass is 16.5. The standard InChI is InChI=1S/C20H23NO5/c1-4-21(13-15-8-6-5-7-9-15)19(22)14-26-20(23)17-12-16(24-2)10-11-18(17)25-3/h5-12H,4,13-14H2,1-3H3. The zero-order valence-corrected chi connectivity index (χ0v) is 15.2. The van der Waals surface area contributed by atoms with E-state index < -0.39 is 5.97 Å². The van der Waals surface area contributed by atoms with Crippen LogP contribution in [-0.2, 0) is 16.1 Å². The van der Waals surface area contributed by atoms with Crippen LogP contribution in [0.15, 0.2) is 48.5 Å². The van der Waals surface area contributed by atoms with Crippen molar-refractivity contribution in [2.45, 2.75) is 13.5 Å². The molecule has 0 aliphatic heterocycles. The lowest BCUT2D eigenvalue weighted by Gasteiger charge is -2.21. The summed E-state index contributed by atoms with van der Waals surface area (Å²) in [5.74, 6) is -0.0281. The molecule has 2 aromatic carbocycles. The second-order valence-corrected chi connectivity index (χ2v) is 5.54. The summed E-state index contributed by atoms with van der Waals surface area (Å²) in [7, 11) is 2.96. The Morgan fingerprint density at radius 3 is 2.35 bits per heavy atom. The SMILES string of the molecule is CCN(Cc1ccccc1)C(=O)COC(=O)c1cc(OC)ccc1OC. The molecule has 0 atom stereocenters. The molecule has 26 heavy (non-hydrogen) atoms. The summed E-state index contributed by atoms with van der Waals surface area (Å²) in [4.78, 5) is 26.4. The molecular weight excluding hydrogens is 334 g/mol. The maximum absolute atomic E-state index is 12.4. The number of esters is 1. The van der Waals surface area contributed by atoms with E-state index in [9.17, 15) is 9.59 Å². The van der Waals surface area contributed by atoms with E-state index in [4.69, 9.17) is 14.2 Å². The minimum Gasteiger partial charge on any atom is -0.497 e. The van der Waals surface area contributed by atoms with Crippen LogP contribution in [0.25, 0.3) is 0 Å². The van der Waals surface area contributed by atoms with E-state index in [1.807, 2.05) is 37.3 Å². The summed E-state index contributed by atoms with van der Waals surface area (Å²) >= 11 is 0. The Hall–Kier alpha value is -3.02. The summed E-state index contributed by atoms with van der Waals surface area (Å²) in [5, 5.41) is 0. The third-order valence-corrected chi connectivity index (χ3v) is 3.90. The van der Waals surface area contributed by atoms with Gasteiger partial charge < -0.3 is 19.1 Å². The molecule has 0 aromatic heterocycles. The van der Waals surface area contributed by atoms with E-state index in [2.05, 4.69) is 0 Å². The van der Waals surface area contributed by atoms with Gasteiger partial charge in [-0.25, -0.2) is 4.79 Å². The van der Waals surface area contributed by atoms with Gasteiger partial charge in [0.15, 0.2) is 6.61 Å². The number of ether oxygens (including phenoxy) is 3. The van der Waals surface area contributed by atoms with Crippen LogP contribution in [0.4, 0.5) is 0 Å². The Morgan fingerprint density at radius 1 is 1.00 bits per heavy atom. The quantitative estimate of drug-likeness (QED) is 0.680. The molecule has 0 radical (unpaired) electrons. The molecule has 0 saturated heterocycles. The van der Waals surface area contributed by atoms with Crippen molar-refractivity contribution in [3.05, 3.63) is 59.7 Å². The van der Waals surface area contributed by atoms with Crippen LogP contribution in [0.1, 0.15) is 22.8 Å². The molecule has 0 spiro atoms. The summed E-state index contributed by atoms with van der Waals surface area (Å²) < 4.78 is 15.5. The number of hydrogen-bond donors (Lipinski definition) is 0. The fourth-order valence-corrected chi connectivity index (χ4v) is 2.45. The first-order chi connectivity index (χ1) is 12.6. The molecule has 138 valence electrons. The monoisotopic (exact) mass is 357 g/mol. The Labute approximate surface area is 153 Å². The van der Waals surface area contributed by atoms with Crippen molar-refractivity contribution < 1.29 is 23.8 Å². The first-order valence-corrected chi connectivity index (χ1v) is 8.29. The fourth-order valence-electron chi connectivity index (χ4n) is 2.45. The number of hydrogen-bond acceptors (Lipinski definition) is 5. The number of likely N-dealkylation sites (N-methyl/N-ethyl adjacent to an activating group) is 1. The van der Waals surface area contributed by atoms with Crippen molar-refractivity contribution in [2.24, 2.45) is 0 Å². The average molecular weight is 357 g/mol. The van der Waals surface area contributed by atoms with Crippen LogP contribution in [0.3, 0.4) is 0 Å². The van der Waals surface area contributed by atoms with Crippen molar-refractivity contribution in [1.82, 2.24) is 4.90 Å². The zero-order valence-electron chi connectivity index (χ0n) is 15.2. The topological polar surface area (TPSA) is 65.1 Å². The van der Waals surface area contributed by atoms with Gasteiger partial charge in [-0.1, -0.05) is 30.3 Å². The Morgan fingerprint density at radius 2 is 1.73 bits per heavy atom. The maximum atomic E-state index is 12.4. The molecule has 6 heteroatoms. The summed E-state index contributed by atoms with van der Waals surface area (Å²) in [6, 6.07) is 14.5. The Balaban J connectivity index is 2.00. The Bertz CT molecular complexity index is 745. The molecule has 0 unspecified atom stereocenters. The molecule has 1 amide bonds. The number of nitrogens with zero attached hydrogens (tertiary/aromatic N) is 1. The van der Waals surface area contributed by atoms with E-state index in [0.29, 0.717) is 24.6 Å². The summed E-state index contributed by atoms with van der Waals surface area (Å²) in [6.07, 6.45) is 0. The minimum atomic E-state index is -0.634. The van der Waals surface area contributed by atoms with Crippen LogP contribution in [0, 0.1) is 0 Å². The molecule has 0 N–H and O–H groups in total. The van der Waals surface area contributed by atoms with Gasteiger partial charge in [0.05, 0.1) is 14.2 Å². The van der Waals surface area contributed by atoms with Crippen LogP contribution < -0.4 is 9.47 Å². The summed E-state index contributed by atoms with van der Waals surface area (Å²) in [5.41, 5.74) is 1.23. The lowest BCUT2D eigenvalue weighted by molar-refractivity contribution is -0.134. The van der Waals surface area contributed by atoms with Gasteiger partial charge in [0.2, 0.25) is 0 Å². The van der Waals surface area contributed by atoms with Crippen molar-refractivity contribution in [1.29, 1.82) is 0 Å². The van der Waals surface area contributed by atoms with E-state index in [0.717, 1.165) is 5.56 Å². The minimum absolute atomic E-state index is 0.214. The van der Waals surface area contributed by atoms with Crippen molar-refractivity contribution in [3.63, 3.8) is 0 Å². The van der Waals surface area contributed by atoms with Crippen molar-refractivity contribution >= 4 is 11.9 Å². The van der Waals surface area contributed by atoms with Gasteiger partial charge in [-0.2, -0.15) is 0 Å². The second-order valence-electron chi connectivity index (χ2n) is 5.54. The highest BCUT2D eigenvalue weighted by molar-refractivity contribution is 5.94. The van der Waals surface area contributed by atoms with E-state index in [1.165, 1.54) is 20.3 Å². The van der Waals surface area contributed by atoms with Gasteiger partial charge >= 0.3 is 5.97 Å². The predicted octanol–water partition coefficient (Wildman–Crippen LogP) is 2.91. The summed E-state index contributed by atoms with van der Waals surface area (Å²) in [6.45, 7) is 2.54. The van der Waals surface area contributed by atoms with Crippen LogP contribution in [-0.4, -0.2) is 44.1 Å². The first kappa shape index (κ1) is 19.3. The second kappa shape index (κ2) is 9.46. The van der Waals surface area contributed by atoms with Gasteiger partial charge in [-0.3, -0.25) is 4.79 Å². The van der Waals surface area contributed by atoms with Crippen LogP contribution >= 0.6 is 0 Å². The van der Waals surface area contributed by atoms with Crippen molar-refractivity contribution in [3.8, 4) is 11.5 Å².